The number of carbonyl (C=O) groups is 1. The first-order valence-corrected chi connectivity index (χ1v) is 7.06. The standard InChI is InChI=1S/C17H20N2O3/c1-13(20)19-14-7-9-15(10-8-14)22-12-11-18-16-5-3-4-6-17(16)21-2/h3-10,18H,11-12H2,1-2H3,(H,19,20). The molecular weight excluding hydrogens is 280 g/mol. The summed E-state index contributed by atoms with van der Waals surface area (Å²) in [6.45, 7) is 2.67. The normalized spacial score (nSPS) is 9.91. The van der Waals surface area contributed by atoms with Gasteiger partial charge in [-0.05, 0) is 36.4 Å². The van der Waals surface area contributed by atoms with E-state index in [9.17, 15) is 4.79 Å². The molecule has 0 aliphatic rings. The Bertz CT molecular complexity index is 612. The largest absolute Gasteiger partial charge is 0.495 e. The van der Waals surface area contributed by atoms with Crippen molar-refractivity contribution < 1.29 is 14.3 Å². The highest BCUT2D eigenvalue weighted by Crippen LogP contribution is 2.22. The summed E-state index contributed by atoms with van der Waals surface area (Å²) in [7, 11) is 1.65. The van der Waals surface area contributed by atoms with E-state index in [1.807, 2.05) is 48.5 Å². The number of anilines is 2. The average molecular weight is 300 g/mol. The van der Waals surface area contributed by atoms with Crippen LogP contribution in [-0.4, -0.2) is 26.2 Å². The van der Waals surface area contributed by atoms with Gasteiger partial charge in [0, 0.05) is 19.2 Å². The Morgan fingerprint density at radius 2 is 1.82 bits per heavy atom. The van der Waals surface area contributed by atoms with Crippen molar-refractivity contribution in [1.82, 2.24) is 0 Å². The highest BCUT2D eigenvalue weighted by Gasteiger charge is 2.01. The molecule has 2 aromatic carbocycles. The summed E-state index contributed by atoms with van der Waals surface area (Å²) in [5, 5.41) is 5.98. The zero-order valence-corrected chi connectivity index (χ0v) is 12.8. The van der Waals surface area contributed by atoms with Crippen molar-refractivity contribution in [3.8, 4) is 11.5 Å². The molecule has 2 N–H and O–H groups in total. The van der Waals surface area contributed by atoms with Gasteiger partial charge in [0.05, 0.1) is 12.8 Å². The number of hydrogen-bond acceptors (Lipinski definition) is 4. The first-order valence-electron chi connectivity index (χ1n) is 7.06. The maximum atomic E-state index is 10.9. The van der Waals surface area contributed by atoms with Crippen LogP contribution >= 0.6 is 0 Å². The summed E-state index contributed by atoms with van der Waals surface area (Å²) >= 11 is 0. The molecule has 0 saturated carbocycles. The van der Waals surface area contributed by atoms with Crippen LogP contribution in [0.3, 0.4) is 0 Å². The predicted molar refractivity (Wildman–Crippen MR) is 87.7 cm³/mol. The number of methoxy groups -OCH3 is 1. The summed E-state index contributed by atoms with van der Waals surface area (Å²) in [5.41, 5.74) is 1.70. The summed E-state index contributed by atoms with van der Waals surface area (Å²) in [5.74, 6) is 1.48. The first-order chi connectivity index (χ1) is 10.7. The second kappa shape index (κ2) is 7.93. The van der Waals surface area contributed by atoms with Crippen LogP contribution in [-0.2, 0) is 4.79 Å². The van der Waals surface area contributed by atoms with Crippen molar-refractivity contribution in [2.24, 2.45) is 0 Å². The Morgan fingerprint density at radius 1 is 1.09 bits per heavy atom. The highest BCUT2D eigenvalue weighted by atomic mass is 16.5. The monoisotopic (exact) mass is 300 g/mol. The maximum Gasteiger partial charge on any atom is 0.221 e. The lowest BCUT2D eigenvalue weighted by molar-refractivity contribution is -0.114. The van der Waals surface area contributed by atoms with Gasteiger partial charge in [-0.3, -0.25) is 4.79 Å². The van der Waals surface area contributed by atoms with Crippen molar-refractivity contribution in [2.75, 3.05) is 30.9 Å². The van der Waals surface area contributed by atoms with Gasteiger partial charge in [0.25, 0.3) is 0 Å². The molecular formula is C17H20N2O3. The zero-order valence-electron chi connectivity index (χ0n) is 12.8. The van der Waals surface area contributed by atoms with Crippen LogP contribution in [0.2, 0.25) is 0 Å². The van der Waals surface area contributed by atoms with Crippen LogP contribution < -0.4 is 20.1 Å². The molecule has 0 saturated heterocycles. The van der Waals surface area contributed by atoms with E-state index < -0.39 is 0 Å². The van der Waals surface area contributed by atoms with Crippen molar-refractivity contribution in [3.63, 3.8) is 0 Å². The highest BCUT2D eigenvalue weighted by molar-refractivity contribution is 5.88. The Kier molecular flexibility index (Phi) is 5.65. The number of benzene rings is 2. The second-order valence-corrected chi connectivity index (χ2v) is 4.68. The molecule has 0 spiro atoms. The van der Waals surface area contributed by atoms with E-state index in [2.05, 4.69) is 10.6 Å². The molecule has 5 heteroatoms. The Morgan fingerprint density at radius 3 is 2.50 bits per heavy atom. The minimum Gasteiger partial charge on any atom is -0.495 e. The Balaban J connectivity index is 1.78. The van der Waals surface area contributed by atoms with E-state index in [0.717, 1.165) is 22.9 Å². The van der Waals surface area contributed by atoms with E-state index in [-0.39, 0.29) is 5.91 Å². The number of amides is 1. The molecule has 0 aliphatic heterocycles. The van der Waals surface area contributed by atoms with E-state index in [1.165, 1.54) is 6.92 Å². The molecule has 0 atom stereocenters. The number of para-hydroxylation sites is 2. The van der Waals surface area contributed by atoms with E-state index >= 15 is 0 Å². The molecule has 2 rings (SSSR count). The minimum absolute atomic E-state index is 0.0883. The van der Waals surface area contributed by atoms with Gasteiger partial charge in [0.15, 0.2) is 0 Å². The molecule has 0 heterocycles. The summed E-state index contributed by atoms with van der Waals surface area (Å²) in [6.07, 6.45) is 0. The zero-order chi connectivity index (χ0) is 15.8. The van der Waals surface area contributed by atoms with Gasteiger partial charge in [0.2, 0.25) is 5.91 Å². The molecule has 0 fully saturated rings. The van der Waals surface area contributed by atoms with Crippen LogP contribution in [0.25, 0.3) is 0 Å². The fourth-order valence-corrected chi connectivity index (χ4v) is 1.98. The van der Waals surface area contributed by atoms with Gasteiger partial charge in [0.1, 0.15) is 18.1 Å². The third-order valence-electron chi connectivity index (χ3n) is 2.97. The molecule has 2 aromatic rings. The van der Waals surface area contributed by atoms with Crippen LogP contribution in [0, 0.1) is 0 Å². The fraction of sp³-hybridized carbons (Fsp3) is 0.235. The van der Waals surface area contributed by atoms with Crippen LogP contribution in [0.5, 0.6) is 11.5 Å². The molecule has 116 valence electrons. The number of ether oxygens (including phenoxy) is 2. The van der Waals surface area contributed by atoms with Crippen LogP contribution in [0.1, 0.15) is 6.92 Å². The molecule has 22 heavy (non-hydrogen) atoms. The smallest absolute Gasteiger partial charge is 0.221 e. The number of hydrogen-bond donors (Lipinski definition) is 2. The topological polar surface area (TPSA) is 59.6 Å². The second-order valence-electron chi connectivity index (χ2n) is 4.68. The lowest BCUT2D eigenvalue weighted by Gasteiger charge is -2.12. The molecule has 1 amide bonds. The average Bonchev–Trinajstić information content (AvgIpc) is 2.53. The summed E-state index contributed by atoms with van der Waals surface area (Å²) in [4.78, 5) is 10.9. The molecule has 0 unspecified atom stereocenters. The molecule has 0 radical (unpaired) electrons. The third-order valence-corrected chi connectivity index (χ3v) is 2.97. The molecule has 0 bridgehead atoms. The predicted octanol–water partition coefficient (Wildman–Crippen LogP) is 3.14. The minimum atomic E-state index is -0.0883. The lowest BCUT2D eigenvalue weighted by atomic mass is 10.3. The van der Waals surface area contributed by atoms with E-state index in [4.69, 9.17) is 9.47 Å². The van der Waals surface area contributed by atoms with Crippen molar-refractivity contribution in [1.29, 1.82) is 0 Å². The third kappa shape index (κ3) is 4.70. The summed E-state index contributed by atoms with van der Waals surface area (Å²) in [6, 6.07) is 15.0. The molecule has 0 aliphatic carbocycles. The SMILES string of the molecule is COc1ccccc1NCCOc1ccc(NC(C)=O)cc1. The van der Waals surface area contributed by atoms with Gasteiger partial charge in [-0.2, -0.15) is 0 Å². The number of carbonyl (C=O) groups excluding carboxylic acids is 1. The van der Waals surface area contributed by atoms with Crippen LogP contribution in [0.15, 0.2) is 48.5 Å². The van der Waals surface area contributed by atoms with Gasteiger partial charge in [-0.15, -0.1) is 0 Å². The first kappa shape index (κ1) is 15.7. The quantitative estimate of drug-likeness (QED) is 0.771. The number of rotatable bonds is 7. The van der Waals surface area contributed by atoms with Crippen molar-refractivity contribution in [3.05, 3.63) is 48.5 Å². The molecule has 0 aromatic heterocycles. The van der Waals surface area contributed by atoms with Gasteiger partial charge >= 0.3 is 0 Å². The Hall–Kier alpha value is -2.69. The summed E-state index contributed by atoms with van der Waals surface area (Å²) < 4.78 is 10.9. The lowest BCUT2D eigenvalue weighted by Crippen LogP contribution is -2.12. The van der Waals surface area contributed by atoms with Crippen molar-refractivity contribution >= 4 is 17.3 Å². The Labute approximate surface area is 130 Å². The maximum absolute atomic E-state index is 10.9. The van der Waals surface area contributed by atoms with E-state index in [0.29, 0.717) is 13.2 Å². The molecule has 5 nitrogen and oxygen atoms in total. The number of nitrogens with one attached hydrogen (secondary N) is 2. The fourth-order valence-electron chi connectivity index (χ4n) is 1.98. The van der Waals surface area contributed by atoms with Crippen molar-refractivity contribution in [2.45, 2.75) is 6.92 Å². The van der Waals surface area contributed by atoms with E-state index in [1.54, 1.807) is 7.11 Å². The van der Waals surface area contributed by atoms with Crippen LogP contribution in [0.4, 0.5) is 11.4 Å². The van der Waals surface area contributed by atoms with Gasteiger partial charge in [-0.25, -0.2) is 0 Å². The van der Waals surface area contributed by atoms with Gasteiger partial charge in [-0.1, -0.05) is 12.1 Å². The van der Waals surface area contributed by atoms with Gasteiger partial charge < -0.3 is 20.1 Å².